The van der Waals surface area contributed by atoms with Crippen LogP contribution in [-0.4, -0.2) is 32.0 Å². The zero-order valence-electron chi connectivity index (χ0n) is 16.1. The van der Waals surface area contributed by atoms with Crippen LogP contribution in [0.1, 0.15) is 12.8 Å². The van der Waals surface area contributed by atoms with Crippen LogP contribution in [0.15, 0.2) is 66.0 Å². The molecule has 0 radical (unpaired) electrons. The van der Waals surface area contributed by atoms with Crippen LogP contribution in [0.5, 0.6) is 5.75 Å². The molecule has 1 aromatic rings. The molecule has 6 nitrogen and oxygen atoms in total. The molecule has 2 amide bonds. The van der Waals surface area contributed by atoms with Gasteiger partial charge in [-0.3, -0.25) is 9.59 Å². The SMILES string of the molecule is C=C(CCNC(=O)C1=CC=CCC(NC)=C1)NC(=O)COc1ccc(Cl)c(Cl)c1. The summed E-state index contributed by atoms with van der Waals surface area (Å²) in [7, 11) is 1.82. The third kappa shape index (κ3) is 7.68. The molecule has 0 spiro atoms. The van der Waals surface area contributed by atoms with E-state index in [1.807, 2.05) is 25.3 Å². The third-order valence-corrected chi connectivity index (χ3v) is 4.69. The number of allylic oxidation sites excluding steroid dienone is 3. The van der Waals surface area contributed by atoms with Crippen molar-refractivity contribution >= 4 is 35.0 Å². The third-order valence-electron chi connectivity index (χ3n) is 3.95. The normalized spacial score (nSPS) is 12.9. The minimum absolute atomic E-state index is 0.189. The second-order valence-electron chi connectivity index (χ2n) is 6.20. The summed E-state index contributed by atoms with van der Waals surface area (Å²) in [6.07, 6.45) is 8.54. The van der Waals surface area contributed by atoms with Crippen molar-refractivity contribution < 1.29 is 14.3 Å². The highest BCUT2D eigenvalue weighted by Crippen LogP contribution is 2.26. The van der Waals surface area contributed by atoms with Crippen molar-refractivity contribution in [2.75, 3.05) is 20.2 Å². The first-order valence-electron chi connectivity index (χ1n) is 8.98. The van der Waals surface area contributed by atoms with E-state index in [1.54, 1.807) is 18.2 Å². The van der Waals surface area contributed by atoms with Gasteiger partial charge in [-0.05, 0) is 24.3 Å². The standard InChI is InChI=1S/C21H23Cl2N3O3/c1-14(26-20(27)13-29-17-7-8-18(22)19(23)12-17)9-10-25-21(28)15-5-3-4-6-16(11-15)24-2/h3-5,7-8,11-12,24H,1,6,9-10,13H2,2H3,(H,25,28)(H,26,27). The first-order valence-corrected chi connectivity index (χ1v) is 9.73. The lowest BCUT2D eigenvalue weighted by Crippen LogP contribution is -2.31. The van der Waals surface area contributed by atoms with Gasteiger partial charge < -0.3 is 20.7 Å². The molecule has 0 aliphatic heterocycles. The lowest BCUT2D eigenvalue weighted by molar-refractivity contribution is -0.122. The molecule has 0 fully saturated rings. The maximum atomic E-state index is 12.3. The molecule has 3 N–H and O–H groups in total. The molecule has 0 atom stereocenters. The first-order chi connectivity index (χ1) is 13.9. The zero-order chi connectivity index (χ0) is 21.2. The number of halogens is 2. The lowest BCUT2D eigenvalue weighted by Gasteiger charge is -2.11. The predicted molar refractivity (Wildman–Crippen MR) is 116 cm³/mol. The number of hydrogen-bond donors (Lipinski definition) is 3. The molecule has 1 aliphatic carbocycles. The molecular formula is C21H23Cl2N3O3. The van der Waals surface area contributed by atoms with Crippen LogP contribution in [0.2, 0.25) is 10.0 Å². The Morgan fingerprint density at radius 3 is 2.76 bits per heavy atom. The fraction of sp³-hybridized carbons (Fsp3) is 0.238. The molecule has 2 rings (SSSR count). The van der Waals surface area contributed by atoms with E-state index in [2.05, 4.69) is 22.5 Å². The molecule has 0 saturated heterocycles. The van der Waals surface area contributed by atoms with Crippen molar-refractivity contribution in [1.29, 1.82) is 0 Å². The summed E-state index contributed by atoms with van der Waals surface area (Å²) in [6.45, 7) is 3.95. The van der Waals surface area contributed by atoms with Crippen molar-refractivity contribution in [3.05, 3.63) is 76.1 Å². The Morgan fingerprint density at radius 1 is 1.24 bits per heavy atom. The molecule has 0 saturated carbocycles. The number of amides is 2. The Labute approximate surface area is 180 Å². The van der Waals surface area contributed by atoms with Crippen LogP contribution in [0.3, 0.4) is 0 Å². The topological polar surface area (TPSA) is 79.5 Å². The molecule has 1 aliphatic rings. The number of nitrogens with one attached hydrogen (secondary N) is 3. The van der Waals surface area contributed by atoms with Gasteiger partial charge in [-0.1, -0.05) is 41.9 Å². The van der Waals surface area contributed by atoms with Gasteiger partial charge in [-0.2, -0.15) is 0 Å². The summed E-state index contributed by atoms with van der Waals surface area (Å²) in [4.78, 5) is 24.2. The number of ether oxygens (including phenoxy) is 1. The van der Waals surface area contributed by atoms with Crippen LogP contribution in [0.25, 0.3) is 0 Å². The molecule has 0 heterocycles. The summed E-state index contributed by atoms with van der Waals surface area (Å²) in [5, 5.41) is 9.27. The largest absolute Gasteiger partial charge is 0.484 e. The van der Waals surface area contributed by atoms with Gasteiger partial charge in [0.1, 0.15) is 5.75 Å². The monoisotopic (exact) mass is 435 g/mol. The van der Waals surface area contributed by atoms with Crippen molar-refractivity contribution in [3.63, 3.8) is 0 Å². The van der Waals surface area contributed by atoms with Crippen molar-refractivity contribution in [1.82, 2.24) is 16.0 Å². The van der Waals surface area contributed by atoms with Gasteiger partial charge >= 0.3 is 0 Å². The Balaban J connectivity index is 1.71. The second-order valence-corrected chi connectivity index (χ2v) is 7.01. The molecule has 154 valence electrons. The van der Waals surface area contributed by atoms with Crippen LogP contribution in [-0.2, 0) is 9.59 Å². The van der Waals surface area contributed by atoms with Crippen molar-refractivity contribution in [2.24, 2.45) is 0 Å². The minimum atomic E-state index is -0.356. The molecular weight excluding hydrogens is 413 g/mol. The van der Waals surface area contributed by atoms with Gasteiger partial charge in [0.2, 0.25) is 0 Å². The Bertz CT molecular complexity index is 876. The molecule has 0 aromatic heterocycles. The minimum Gasteiger partial charge on any atom is -0.484 e. The summed E-state index contributed by atoms with van der Waals surface area (Å²) in [5.74, 6) is -0.107. The lowest BCUT2D eigenvalue weighted by atomic mass is 10.2. The number of rotatable bonds is 9. The van der Waals surface area contributed by atoms with Crippen LogP contribution < -0.4 is 20.7 Å². The van der Waals surface area contributed by atoms with Gasteiger partial charge in [0.15, 0.2) is 6.61 Å². The second kappa shape index (κ2) is 11.3. The van der Waals surface area contributed by atoms with Gasteiger partial charge in [0.25, 0.3) is 11.8 Å². The maximum absolute atomic E-state index is 12.3. The Morgan fingerprint density at radius 2 is 2.03 bits per heavy atom. The van der Waals surface area contributed by atoms with Gasteiger partial charge in [0, 0.05) is 49.5 Å². The van der Waals surface area contributed by atoms with Crippen LogP contribution in [0.4, 0.5) is 0 Å². The smallest absolute Gasteiger partial charge is 0.262 e. The summed E-state index contributed by atoms with van der Waals surface area (Å²) in [6, 6.07) is 4.75. The average molecular weight is 436 g/mol. The predicted octanol–water partition coefficient (Wildman–Crippen LogP) is 3.50. The average Bonchev–Trinajstić information content (AvgIpc) is 2.94. The zero-order valence-corrected chi connectivity index (χ0v) is 17.6. The van der Waals surface area contributed by atoms with E-state index in [-0.39, 0.29) is 18.4 Å². The molecule has 8 heteroatoms. The highest BCUT2D eigenvalue weighted by atomic mass is 35.5. The number of hydrogen-bond acceptors (Lipinski definition) is 4. The van der Waals surface area contributed by atoms with E-state index in [1.165, 1.54) is 6.07 Å². The highest BCUT2D eigenvalue weighted by Gasteiger charge is 2.10. The fourth-order valence-electron chi connectivity index (χ4n) is 2.42. The van der Waals surface area contributed by atoms with E-state index in [9.17, 15) is 9.59 Å². The van der Waals surface area contributed by atoms with Gasteiger partial charge in [0.05, 0.1) is 10.0 Å². The molecule has 1 aromatic carbocycles. The van der Waals surface area contributed by atoms with Crippen molar-refractivity contribution in [2.45, 2.75) is 12.8 Å². The molecule has 0 bridgehead atoms. The van der Waals surface area contributed by atoms with Crippen molar-refractivity contribution in [3.8, 4) is 5.75 Å². The van der Waals surface area contributed by atoms with Gasteiger partial charge in [-0.25, -0.2) is 0 Å². The first kappa shape index (κ1) is 22.6. The number of carbonyl (C=O) groups excluding carboxylic acids is 2. The van der Waals surface area contributed by atoms with E-state index in [0.717, 1.165) is 12.1 Å². The quantitative estimate of drug-likeness (QED) is 0.554. The Hall–Kier alpha value is -2.70. The maximum Gasteiger partial charge on any atom is 0.262 e. The number of benzene rings is 1. The molecule has 29 heavy (non-hydrogen) atoms. The summed E-state index contributed by atoms with van der Waals surface area (Å²) in [5.41, 5.74) is 2.00. The fourth-order valence-corrected chi connectivity index (χ4v) is 2.71. The highest BCUT2D eigenvalue weighted by molar-refractivity contribution is 6.42. The van der Waals surface area contributed by atoms with E-state index in [4.69, 9.17) is 27.9 Å². The summed E-state index contributed by atoms with van der Waals surface area (Å²) >= 11 is 11.7. The number of carbonyl (C=O) groups is 2. The van der Waals surface area contributed by atoms with Crippen LogP contribution in [0, 0.1) is 0 Å². The summed E-state index contributed by atoms with van der Waals surface area (Å²) < 4.78 is 5.37. The van der Waals surface area contributed by atoms with E-state index < -0.39 is 0 Å². The van der Waals surface area contributed by atoms with Crippen LogP contribution >= 0.6 is 23.2 Å². The van der Waals surface area contributed by atoms with E-state index in [0.29, 0.717) is 40.0 Å². The van der Waals surface area contributed by atoms with Gasteiger partial charge in [-0.15, -0.1) is 0 Å². The Kier molecular flexibility index (Phi) is 8.83. The molecule has 0 unspecified atom stereocenters. The van der Waals surface area contributed by atoms with E-state index >= 15 is 0 Å².